The van der Waals surface area contributed by atoms with Crippen LogP contribution in [0.2, 0.25) is 0 Å². The number of likely N-dealkylation sites (N-methyl/N-ethyl adjacent to an activating group) is 1. The van der Waals surface area contributed by atoms with Crippen molar-refractivity contribution in [3.05, 3.63) is 65.7 Å². The molecule has 5 rings (SSSR count). The summed E-state index contributed by atoms with van der Waals surface area (Å²) in [5.74, 6) is -0.0597. The van der Waals surface area contributed by atoms with E-state index in [1.165, 1.54) is 23.5 Å². The highest BCUT2D eigenvalue weighted by Crippen LogP contribution is 2.29. The maximum Gasteiger partial charge on any atom is 0.264 e. The largest absolute Gasteiger partial charge is 0.483 e. The van der Waals surface area contributed by atoms with Gasteiger partial charge in [-0.05, 0) is 67.8 Å². The number of rotatable bonds is 9. The fraction of sp³-hybridized carbons (Fsp3) is 0.438. The van der Waals surface area contributed by atoms with E-state index in [-0.39, 0.29) is 30.1 Å². The summed E-state index contributed by atoms with van der Waals surface area (Å²) in [6.07, 6.45) is 4.69. The summed E-state index contributed by atoms with van der Waals surface area (Å²) in [5, 5.41) is 3.32. The van der Waals surface area contributed by atoms with Crippen LogP contribution in [-0.2, 0) is 9.59 Å². The lowest BCUT2D eigenvalue weighted by atomic mass is 9.97. The minimum Gasteiger partial charge on any atom is -0.483 e. The smallest absolute Gasteiger partial charge is 0.264 e. The molecule has 3 aromatic rings. The van der Waals surface area contributed by atoms with Gasteiger partial charge in [-0.1, -0.05) is 37.3 Å². The Morgan fingerprint density at radius 2 is 1.76 bits per heavy atom. The Bertz CT molecular complexity index is 1420. The number of thiazole rings is 1. The second-order valence-electron chi connectivity index (χ2n) is 11.3. The molecule has 1 aromatic heterocycles. The highest BCUT2D eigenvalue weighted by molar-refractivity contribution is 7.22. The third kappa shape index (κ3) is 7.42. The number of amides is 2. The molecule has 2 aromatic carbocycles. The number of allylic oxidation sites excluding steroid dienone is 1. The molecule has 2 saturated heterocycles. The van der Waals surface area contributed by atoms with Gasteiger partial charge in [-0.3, -0.25) is 24.6 Å². The van der Waals surface area contributed by atoms with Crippen LogP contribution in [0.5, 0.6) is 5.75 Å². The summed E-state index contributed by atoms with van der Waals surface area (Å²) in [7, 11) is 2.16. The van der Waals surface area contributed by atoms with Crippen molar-refractivity contribution in [2.45, 2.75) is 38.6 Å². The van der Waals surface area contributed by atoms with E-state index in [1.807, 2.05) is 43.0 Å². The number of hydrogen-bond donors (Lipinski definition) is 1. The van der Waals surface area contributed by atoms with Gasteiger partial charge in [0.25, 0.3) is 5.91 Å². The number of nitrogens with zero attached hydrogens (tertiary/aromatic N) is 4. The molecule has 10 heteroatoms. The van der Waals surface area contributed by atoms with Crippen molar-refractivity contribution in [2.75, 3.05) is 58.2 Å². The van der Waals surface area contributed by atoms with E-state index in [1.54, 1.807) is 18.2 Å². The predicted octanol–water partition coefficient (Wildman–Crippen LogP) is 4.41. The van der Waals surface area contributed by atoms with E-state index >= 15 is 0 Å². The van der Waals surface area contributed by atoms with E-state index in [0.717, 1.165) is 54.8 Å². The molecule has 9 nitrogen and oxygen atoms in total. The number of carbonyl (C=O) groups is 3. The van der Waals surface area contributed by atoms with Gasteiger partial charge in [0.2, 0.25) is 5.91 Å². The molecule has 0 saturated carbocycles. The van der Waals surface area contributed by atoms with Crippen LogP contribution in [0.3, 0.4) is 0 Å². The summed E-state index contributed by atoms with van der Waals surface area (Å²) in [6.45, 7) is 9.61. The number of nitrogens with one attached hydrogen (secondary N) is 1. The number of ether oxygens (including phenoxy) is 1. The quantitative estimate of drug-likeness (QED) is 0.292. The van der Waals surface area contributed by atoms with Crippen molar-refractivity contribution in [2.24, 2.45) is 0 Å². The molecule has 3 heterocycles. The van der Waals surface area contributed by atoms with Crippen LogP contribution in [0.4, 0.5) is 5.13 Å². The average Bonchev–Trinajstić information content (AvgIpc) is 3.41. The standard InChI is InChI=1S/C32H39N5O4S/c1-22(2)25-20-23(8-10-28(25)41-21-30(39)34-32-33-26-6-4-5-7-29(26)42-32)27(38)9-11-31(40)37-14-12-24(13-15-37)36-18-16-35(3)17-19-36/h4-11,20,22,24H,12-19,21H2,1-3H3,(H,33,34,39). The van der Waals surface area contributed by atoms with Crippen molar-refractivity contribution in [1.29, 1.82) is 0 Å². The van der Waals surface area contributed by atoms with Gasteiger partial charge < -0.3 is 14.5 Å². The lowest BCUT2D eigenvalue weighted by Gasteiger charge is -2.41. The predicted molar refractivity (Wildman–Crippen MR) is 166 cm³/mol. The fourth-order valence-corrected chi connectivity index (χ4v) is 6.38. The van der Waals surface area contributed by atoms with E-state index in [9.17, 15) is 14.4 Å². The Morgan fingerprint density at radius 1 is 1.02 bits per heavy atom. The Kier molecular flexibility index (Phi) is 9.66. The molecular formula is C32H39N5O4S. The number of piperidine rings is 1. The zero-order chi connectivity index (χ0) is 29.6. The molecule has 0 unspecified atom stereocenters. The molecule has 0 atom stereocenters. The van der Waals surface area contributed by atoms with E-state index in [4.69, 9.17) is 4.74 Å². The van der Waals surface area contributed by atoms with Crippen molar-refractivity contribution < 1.29 is 19.1 Å². The van der Waals surface area contributed by atoms with Gasteiger partial charge in [-0.15, -0.1) is 0 Å². The number of para-hydroxylation sites is 1. The number of ketones is 1. The van der Waals surface area contributed by atoms with Crippen LogP contribution in [0, 0.1) is 0 Å². The molecule has 2 fully saturated rings. The maximum atomic E-state index is 13.0. The first-order valence-corrected chi connectivity index (χ1v) is 15.4. The number of hydrogen-bond acceptors (Lipinski definition) is 8. The fourth-order valence-electron chi connectivity index (χ4n) is 5.50. The zero-order valence-corrected chi connectivity index (χ0v) is 25.4. The lowest BCUT2D eigenvalue weighted by molar-refractivity contribution is -0.127. The molecule has 2 aliphatic heterocycles. The molecule has 0 spiro atoms. The molecule has 2 amide bonds. The number of carbonyl (C=O) groups excluding carboxylic acids is 3. The SMILES string of the molecule is CC(C)c1cc(C(=O)C=CC(=O)N2CCC(N3CCN(C)CC3)CC2)ccc1OCC(=O)Nc1nc2ccccc2s1. The monoisotopic (exact) mass is 589 g/mol. The summed E-state index contributed by atoms with van der Waals surface area (Å²) in [6, 6.07) is 13.4. The number of anilines is 1. The van der Waals surface area contributed by atoms with Gasteiger partial charge in [0, 0.05) is 56.9 Å². The normalized spacial score (nSPS) is 17.3. The van der Waals surface area contributed by atoms with Gasteiger partial charge in [-0.25, -0.2) is 4.98 Å². The lowest BCUT2D eigenvalue weighted by Crippen LogP contribution is -2.52. The second kappa shape index (κ2) is 13.6. The first kappa shape index (κ1) is 29.9. The number of fused-ring (bicyclic) bond motifs is 1. The molecule has 0 aliphatic carbocycles. The van der Waals surface area contributed by atoms with Gasteiger partial charge in [-0.2, -0.15) is 0 Å². The number of piperazine rings is 1. The highest BCUT2D eigenvalue weighted by atomic mass is 32.1. The van der Waals surface area contributed by atoms with Gasteiger partial charge in [0.05, 0.1) is 10.2 Å². The first-order valence-electron chi connectivity index (χ1n) is 14.6. The maximum absolute atomic E-state index is 13.0. The minimum atomic E-state index is -0.307. The summed E-state index contributed by atoms with van der Waals surface area (Å²) < 4.78 is 6.84. The zero-order valence-electron chi connectivity index (χ0n) is 24.5. The Morgan fingerprint density at radius 3 is 2.48 bits per heavy atom. The van der Waals surface area contributed by atoms with Crippen LogP contribution in [0.15, 0.2) is 54.6 Å². The van der Waals surface area contributed by atoms with Crippen LogP contribution in [-0.4, -0.2) is 96.2 Å². The van der Waals surface area contributed by atoms with Gasteiger partial charge >= 0.3 is 0 Å². The van der Waals surface area contributed by atoms with Crippen LogP contribution >= 0.6 is 11.3 Å². The van der Waals surface area contributed by atoms with Crippen LogP contribution in [0.1, 0.15) is 48.5 Å². The third-order valence-electron chi connectivity index (χ3n) is 8.02. The first-order chi connectivity index (χ1) is 20.3. The van der Waals surface area contributed by atoms with Crippen LogP contribution in [0.25, 0.3) is 10.2 Å². The Balaban J connectivity index is 1.13. The van der Waals surface area contributed by atoms with Gasteiger partial charge in [0.15, 0.2) is 17.5 Å². The average molecular weight is 590 g/mol. The van der Waals surface area contributed by atoms with Crippen LogP contribution < -0.4 is 10.1 Å². The number of likely N-dealkylation sites (tertiary alicyclic amines) is 1. The van der Waals surface area contributed by atoms with Crippen molar-refractivity contribution in [1.82, 2.24) is 19.7 Å². The summed E-state index contributed by atoms with van der Waals surface area (Å²) in [4.78, 5) is 49.5. The van der Waals surface area contributed by atoms with E-state index < -0.39 is 0 Å². The minimum absolute atomic E-state index is 0.0623. The Labute approximate surface area is 251 Å². The van der Waals surface area contributed by atoms with Crippen molar-refractivity contribution in [3.63, 3.8) is 0 Å². The summed E-state index contributed by atoms with van der Waals surface area (Å²) in [5.41, 5.74) is 2.13. The molecule has 222 valence electrons. The molecular weight excluding hydrogens is 550 g/mol. The van der Waals surface area contributed by atoms with Gasteiger partial charge in [0.1, 0.15) is 5.75 Å². The molecule has 1 N–H and O–H groups in total. The number of aromatic nitrogens is 1. The second-order valence-corrected chi connectivity index (χ2v) is 12.4. The Hall–Kier alpha value is -3.60. The number of benzene rings is 2. The topological polar surface area (TPSA) is 95.1 Å². The third-order valence-corrected chi connectivity index (χ3v) is 8.97. The molecule has 2 aliphatic rings. The molecule has 42 heavy (non-hydrogen) atoms. The summed E-state index contributed by atoms with van der Waals surface area (Å²) >= 11 is 1.41. The van der Waals surface area contributed by atoms with Crippen molar-refractivity contribution >= 4 is 44.3 Å². The molecule has 0 bridgehead atoms. The van der Waals surface area contributed by atoms with E-state index in [2.05, 4.69) is 27.1 Å². The van der Waals surface area contributed by atoms with E-state index in [0.29, 0.717) is 35.6 Å². The molecule has 0 radical (unpaired) electrons. The highest BCUT2D eigenvalue weighted by Gasteiger charge is 2.28. The van der Waals surface area contributed by atoms with Crippen molar-refractivity contribution in [3.8, 4) is 5.75 Å².